The fraction of sp³-hybridized carbons (Fsp3) is 0.400. The lowest BCUT2D eigenvalue weighted by Crippen LogP contribution is -2.24. The van der Waals surface area contributed by atoms with E-state index in [2.05, 4.69) is 34.6 Å². The first kappa shape index (κ1) is 18.2. The van der Waals surface area contributed by atoms with Gasteiger partial charge < -0.3 is 5.11 Å². The summed E-state index contributed by atoms with van der Waals surface area (Å²) in [6.45, 7) is 11.2. The molecule has 0 saturated carbocycles. The van der Waals surface area contributed by atoms with Crippen LogP contribution in [-0.2, 0) is 5.41 Å². The first-order valence-electron chi connectivity index (χ1n) is 7.78. The Kier molecular flexibility index (Phi) is 5.03. The maximum Gasteiger partial charge on any atom is 0.123 e. The van der Waals surface area contributed by atoms with E-state index in [9.17, 15) is 5.11 Å². The van der Waals surface area contributed by atoms with Gasteiger partial charge in [0.05, 0.1) is 5.02 Å². The van der Waals surface area contributed by atoms with Crippen molar-refractivity contribution in [2.24, 2.45) is 5.41 Å². The molecule has 23 heavy (non-hydrogen) atoms. The van der Waals surface area contributed by atoms with Gasteiger partial charge in [-0.15, -0.1) is 0 Å². The summed E-state index contributed by atoms with van der Waals surface area (Å²) in [5, 5.41) is 11.4. The molecule has 0 aromatic heterocycles. The van der Waals surface area contributed by atoms with Gasteiger partial charge in [0, 0.05) is 16.1 Å². The van der Waals surface area contributed by atoms with Gasteiger partial charge in [0.25, 0.3) is 0 Å². The van der Waals surface area contributed by atoms with Crippen LogP contribution in [0.15, 0.2) is 36.4 Å². The predicted octanol–water partition coefficient (Wildman–Crippen LogP) is 7.08. The Morgan fingerprint density at radius 3 is 2.09 bits per heavy atom. The Morgan fingerprint density at radius 1 is 0.870 bits per heavy atom. The normalized spacial score (nSPS) is 12.5. The number of phenolic OH excluding ortho intramolecular Hbond substituents is 1. The van der Waals surface area contributed by atoms with E-state index in [-0.39, 0.29) is 16.6 Å². The predicted molar refractivity (Wildman–Crippen MR) is 101 cm³/mol. The smallest absolute Gasteiger partial charge is 0.123 e. The highest BCUT2D eigenvalue weighted by Gasteiger charge is 2.28. The van der Waals surface area contributed by atoms with Crippen molar-refractivity contribution in [3.8, 4) is 16.9 Å². The number of benzene rings is 2. The summed E-state index contributed by atoms with van der Waals surface area (Å²) < 4.78 is 0. The van der Waals surface area contributed by atoms with E-state index in [4.69, 9.17) is 23.2 Å². The van der Waals surface area contributed by atoms with Gasteiger partial charge in [-0.05, 0) is 47.1 Å². The van der Waals surface area contributed by atoms with Crippen molar-refractivity contribution in [1.82, 2.24) is 0 Å². The third-order valence-electron chi connectivity index (χ3n) is 3.97. The van der Waals surface area contributed by atoms with Gasteiger partial charge in [-0.3, -0.25) is 0 Å². The summed E-state index contributed by atoms with van der Waals surface area (Å²) in [7, 11) is 0. The summed E-state index contributed by atoms with van der Waals surface area (Å²) in [5.74, 6) is 0.226. The molecule has 0 aliphatic carbocycles. The minimum Gasteiger partial charge on any atom is -0.507 e. The average Bonchev–Trinajstić information content (AvgIpc) is 2.37. The first-order valence-corrected chi connectivity index (χ1v) is 8.54. The molecule has 2 aromatic carbocycles. The van der Waals surface area contributed by atoms with Crippen LogP contribution >= 0.6 is 23.2 Å². The average molecular weight is 351 g/mol. The molecule has 1 nitrogen and oxygen atoms in total. The second kappa shape index (κ2) is 6.37. The van der Waals surface area contributed by atoms with Crippen LogP contribution in [-0.4, -0.2) is 5.11 Å². The van der Waals surface area contributed by atoms with Crippen LogP contribution in [0.25, 0.3) is 11.1 Å². The fourth-order valence-electron chi connectivity index (χ4n) is 3.31. The van der Waals surface area contributed by atoms with Crippen LogP contribution in [0.4, 0.5) is 0 Å². The lowest BCUT2D eigenvalue weighted by atomic mass is 9.72. The molecule has 2 aromatic rings. The molecule has 0 spiro atoms. The highest BCUT2D eigenvalue weighted by molar-refractivity contribution is 6.36. The van der Waals surface area contributed by atoms with Crippen LogP contribution < -0.4 is 0 Å². The zero-order valence-corrected chi connectivity index (χ0v) is 15.9. The zero-order valence-electron chi connectivity index (χ0n) is 14.4. The van der Waals surface area contributed by atoms with Crippen molar-refractivity contribution in [1.29, 1.82) is 0 Å². The highest BCUT2D eigenvalue weighted by atomic mass is 35.5. The summed E-state index contributed by atoms with van der Waals surface area (Å²) in [6, 6.07) is 11.1. The number of hydrogen-bond donors (Lipinski definition) is 1. The van der Waals surface area contributed by atoms with E-state index in [1.807, 2.05) is 18.2 Å². The Balaban J connectivity index is 2.51. The van der Waals surface area contributed by atoms with Crippen molar-refractivity contribution in [2.45, 2.75) is 46.5 Å². The number of phenols is 1. The Labute approximate surface area is 149 Å². The van der Waals surface area contributed by atoms with Gasteiger partial charge >= 0.3 is 0 Å². The molecule has 0 amide bonds. The molecule has 0 unspecified atom stereocenters. The monoisotopic (exact) mass is 350 g/mol. The molecule has 124 valence electrons. The maximum atomic E-state index is 10.3. The third-order valence-corrected chi connectivity index (χ3v) is 4.52. The van der Waals surface area contributed by atoms with Crippen LogP contribution in [0, 0.1) is 5.41 Å². The van der Waals surface area contributed by atoms with Crippen LogP contribution in [0.2, 0.25) is 10.0 Å². The largest absolute Gasteiger partial charge is 0.507 e. The van der Waals surface area contributed by atoms with Gasteiger partial charge in [-0.25, -0.2) is 0 Å². The fourth-order valence-corrected chi connectivity index (χ4v) is 3.82. The number of halogens is 2. The molecular formula is C20H24Cl2O. The molecule has 0 bridgehead atoms. The second-order valence-electron chi connectivity index (χ2n) is 7.98. The Bertz CT molecular complexity index is 712. The third kappa shape index (κ3) is 4.43. The zero-order chi connectivity index (χ0) is 17.4. The lowest BCUT2D eigenvalue weighted by molar-refractivity contribution is 0.284. The van der Waals surface area contributed by atoms with Crippen LogP contribution in [0.1, 0.15) is 46.6 Å². The van der Waals surface area contributed by atoms with Crippen LogP contribution in [0.3, 0.4) is 0 Å². The molecule has 0 saturated heterocycles. The van der Waals surface area contributed by atoms with E-state index in [0.29, 0.717) is 10.0 Å². The van der Waals surface area contributed by atoms with E-state index < -0.39 is 0 Å². The highest BCUT2D eigenvalue weighted by Crippen LogP contribution is 2.41. The van der Waals surface area contributed by atoms with Gasteiger partial charge in [-0.1, -0.05) is 70.0 Å². The van der Waals surface area contributed by atoms with Crippen molar-refractivity contribution in [2.75, 3.05) is 0 Å². The van der Waals surface area contributed by atoms with Crippen molar-refractivity contribution >= 4 is 23.2 Å². The molecule has 2 rings (SSSR count). The SMILES string of the molecule is CC(C)(C)CC(C)(C)c1ccc(O)c(-c2ccc(Cl)cc2Cl)c1. The number of hydrogen-bond acceptors (Lipinski definition) is 1. The van der Waals surface area contributed by atoms with Crippen molar-refractivity contribution in [3.05, 3.63) is 52.0 Å². The molecule has 0 aliphatic heterocycles. The van der Waals surface area contributed by atoms with Gasteiger partial charge in [0.2, 0.25) is 0 Å². The number of aromatic hydroxyl groups is 1. The Hall–Kier alpha value is -1.18. The molecule has 0 radical (unpaired) electrons. The van der Waals surface area contributed by atoms with E-state index >= 15 is 0 Å². The molecule has 0 heterocycles. The van der Waals surface area contributed by atoms with Gasteiger partial charge in [0.1, 0.15) is 5.75 Å². The molecule has 0 atom stereocenters. The quantitative estimate of drug-likeness (QED) is 0.626. The van der Waals surface area contributed by atoms with Gasteiger partial charge in [-0.2, -0.15) is 0 Å². The maximum absolute atomic E-state index is 10.3. The summed E-state index contributed by atoms with van der Waals surface area (Å²) in [6.07, 6.45) is 1.04. The van der Waals surface area contributed by atoms with E-state index in [1.165, 1.54) is 5.56 Å². The summed E-state index contributed by atoms with van der Waals surface area (Å²) in [5.41, 5.74) is 2.94. The second-order valence-corrected chi connectivity index (χ2v) is 8.82. The minimum atomic E-state index is -0.000395. The standard InChI is InChI=1S/C20H24Cl2O/c1-19(2,3)12-20(4,5)13-6-9-18(23)16(10-13)15-8-7-14(21)11-17(15)22/h6-11,23H,12H2,1-5H3. The molecule has 0 fully saturated rings. The molecule has 0 aliphatic rings. The van der Waals surface area contributed by atoms with Gasteiger partial charge in [0.15, 0.2) is 0 Å². The van der Waals surface area contributed by atoms with Crippen molar-refractivity contribution < 1.29 is 5.11 Å². The van der Waals surface area contributed by atoms with Crippen LogP contribution in [0.5, 0.6) is 5.75 Å². The summed E-state index contributed by atoms with van der Waals surface area (Å²) in [4.78, 5) is 0. The molecule has 1 N–H and O–H groups in total. The van der Waals surface area contributed by atoms with E-state index in [1.54, 1.807) is 18.2 Å². The topological polar surface area (TPSA) is 20.2 Å². The summed E-state index contributed by atoms with van der Waals surface area (Å²) >= 11 is 12.3. The number of rotatable bonds is 3. The minimum absolute atomic E-state index is 0.000395. The lowest BCUT2D eigenvalue weighted by Gasteiger charge is -2.33. The van der Waals surface area contributed by atoms with Crippen molar-refractivity contribution in [3.63, 3.8) is 0 Å². The molecular weight excluding hydrogens is 327 g/mol. The first-order chi connectivity index (χ1) is 10.5. The van der Waals surface area contributed by atoms with E-state index in [0.717, 1.165) is 17.5 Å². The Morgan fingerprint density at radius 2 is 1.52 bits per heavy atom. The molecule has 3 heteroatoms.